The molecule has 1 saturated heterocycles. The lowest BCUT2D eigenvalue weighted by Gasteiger charge is -2.26. The van der Waals surface area contributed by atoms with Gasteiger partial charge in [0, 0.05) is 31.7 Å². The fraction of sp³-hybridized carbons (Fsp3) is 0.269. The van der Waals surface area contributed by atoms with Gasteiger partial charge in [0.25, 0.3) is 15.9 Å². The summed E-state index contributed by atoms with van der Waals surface area (Å²) < 4.78 is 33.2. The number of nitrogens with one attached hydrogen (secondary N) is 2. The molecule has 7 nitrogen and oxygen atoms in total. The number of benzene rings is 3. The molecule has 1 aliphatic rings. The Bertz CT molecular complexity index is 1240. The van der Waals surface area contributed by atoms with E-state index in [0.717, 1.165) is 38.4 Å². The lowest BCUT2D eigenvalue weighted by Crippen LogP contribution is -2.35. The summed E-state index contributed by atoms with van der Waals surface area (Å²) in [5, 5.41) is 2.96. The van der Waals surface area contributed by atoms with Crippen LogP contribution in [-0.2, 0) is 27.8 Å². The number of rotatable bonds is 8. The highest BCUT2D eigenvalue weighted by Gasteiger charge is 2.16. The fourth-order valence-electron chi connectivity index (χ4n) is 3.86. The van der Waals surface area contributed by atoms with Gasteiger partial charge in [0.2, 0.25) is 0 Å². The van der Waals surface area contributed by atoms with E-state index in [1.807, 2.05) is 12.1 Å². The minimum absolute atomic E-state index is 0.187. The Morgan fingerprint density at radius 3 is 2.41 bits per heavy atom. The highest BCUT2D eigenvalue weighted by atomic mass is 32.2. The number of carbonyl (C=O) groups is 1. The number of nitrogens with zero attached hydrogens (tertiary/aromatic N) is 1. The molecular weight excluding hydrogens is 450 g/mol. The molecule has 3 aromatic rings. The molecule has 1 amide bonds. The zero-order chi connectivity index (χ0) is 24.0. The van der Waals surface area contributed by atoms with Gasteiger partial charge < -0.3 is 10.1 Å². The van der Waals surface area contributed by atoms with Crippen molar-refractivity contribution in [3.63, 3.8) is 0 Å². The molecule has 0 radical (unpaired) electrons. The first kappa shape index (κ1) is 23.9. The number of sulfonamides is 1. The number of hydrogen-bond acceptors (Lipinski definition) is 5. The number of amides is 1. The monoisotopic (exact) mass is 479 g/mol. The summed E-state index contributed by atoms with van der Waals surface area (Å²) in [7, 11) is -3.69. The Morgan fingerprint density at radius 1 is 0.941 bits per heavy atom. The van der Waals surface area contributed by atoms with Gasteiger partial charge in [-0.25, -0.2) is 8.42 Å². The highest BCUT2D eigenvalue weighted by Crippen LogP contribution is 2.21. The van der Waals surface area contributed by atoms with Crippen molar-refractivity contribution in [2.24, 2.45) is 0 Å². The molecule has 1 fully saturated rings. The molecule has 1 aliphatic heterocycles. The van der Waals surface area contributed by atoms with Crippen molar-refractivity contribution in [2.75, 3.05) is 31.0 Å². The van der Waals surface area contributed by atoms with Gasteiger partial charge >= 0.3 is 0 Å². The maximum Gasteiger partial charge on any atom is 0.261 e. The normalized spacial score (nSPS) is 14.5. The molecule has 178 valence electrons. The van der Waals surface area contributed by atoms with E-state index in [4.69, 9.17) is 4.74 Å². The summed E-state index contributed by atoms with van der Waals surface area (Å²) in [5.41, 5.74) is 3.82. The second kappa shape index (κ2) is 10.8. The van der Waals surface area contributed by atoms with Crippen LogP contribution >= 0.6 is 0 Å². The molecule has 34 heavy (non-hydrogen) atoms. The van der Waals surface area contributed by atoms with Crippen LogP contribution in [0.25, 0.3) is 0 Å². The van der Waals surface area contributed by atoms with Gasteiger partial charge in [-0.1, -0.05) is 42.5 Å². The predicted octanol–water partition coefficient (Wildman–Crippen LogP) is 3.56. The third kappa shape index (κ3) is 6.22. The number of aryl methyl sites for hydroxylation is 1. The van der Waals surface area contributed by atoms with Crippen molar-refractivity contribution >= 4 is 21.6 Å². The maximum atomic E-state index is 12.7. The number of ether oxygens (including phenoxy) is 1. The molecule has 0 saturated carbocycles. The minimum atomic E-state index is -3.69. The largest absolute Gasteiger partial charge is 0.379 e. The fourth-order valence-corrected chi connectivity index (χ4v) is 5.01. The van der Waals surface area contributed by atoms with Gasteiger partial charge in [0.05, 0.1) is 23.8 Å². The van der Waals surface area contributed by atoms with E-state index in [1.165, 1.54) is 17.7 Å². The molecule has 4 rings (SSSR count). The average molecular weight is 480 g/mol. The van der Waals surface area contributed by atoms with Crippen LogP contribution in [0.5, 0.6) is 0 Å². The predicted molar refractivity (Wildman–Crippen MR) is 132 cm³/mol. The number of carbonyl (C=O) groups excluding carboxylic acids is 1. The van der Waals surface area contributed by atoms with E-state index in [1.54, 1.807) is 43.3 Å². The molecule has 0 aromatic heterocycles. The summed E-state index contributed by atoms with van der Waals surface area (Å²) in [6, 6.07) is 21.3. The molecule has 0 spiro atoms. The molecule has 3 aromatic carbocycles. The summed E-state index contributed by atoms with van der Waals surface area (Å²) >= 11 is 0. The van der Waals surface area contributed by atoms with Crippen LogP contribution in [0.4, 0.5) is 5.69 Å². The third-order valence-electron chi connectivity index (χ3n) is 5.74. The van der Waals surface area contributed by atoms with Gasteiger partial charge in [-0.05, 0) is 53.9 Å². The van der Waals surface area contributed by atoms with E-state index in [0.29, 0.717) is 23.4 Å². The zero-order valence-electron chi connectivity index (χ0n) is 19.2. The van der Waals surface area contributed by atoms with Gasteiger partial charge in [0.15, 0.2) is 0 Å². The van der Waals surface area contributed by atoms with E-state index < -0.39 is 10.0 Å². The Morgan fingerprint density at radius 2 is 1.68 bits per heavy atom. The number of anilines is 1. The standard InChI is InChI=1S/C26H29N3O4S/c1-20-16-23(10-11-25(20)28-34(31,32)24-8-3-2-4-9-24)26(30)27-18-21-6-5-7-22(17-21)19-29-12-14-33-15-13-29/h2-11,16-17,28H,12-15,18-19H2,1H3,(H,27,30). The summed E-state index contributed by atoms with van der Waals surface area (Å²) in [6.07, 6.45) is 0. The van der Waals surface area contributed by atoms with E-state index in [-0.39, 0.29) is 10.8 Å². The van der Waals surface area contributed by atoms with Crippen LogP contribution in [0.1, 0.15) is 27.0 Å². The molecule has 1 heterocycles. The van der Waals surface area contributed by atoms with Crippen LogP contribution in [0.3, 0.4) is 0 Å². The Labute approximate surface area is 200 Å². The molecule has 0 atom stereocenters. The summed E-state index contributed by atoms with van der Waals surface area (Å²) in [6.45, 7) is 6.44. The smallest absolute Gasteiger partial charge is 0.261 e. The number of hydrogen-bond donors (Lipinski definition) is 2. The molecule has 0 unspecified atom stereocenters. The number of morpholine rings is 1. The van der Waals surface area contributed by atoms with Crippen LogP contribution in [0.2, 0.25) is 0 Å². The van der Waals surface area contributed by atoms with Crippen molar-refractivity contribution < 1.29 is 17.9 Å². The first-order valence-electron chi connectivity index (χ1n) is 11.3. The van der Waals surface area contributed by atoms with Crippen molar-refractivity contribution in [3.05, 3.63) is 95.1 Å². The van der Waals surface area contributed by atoms with Crippen molar-refractivity contribution in [3.8, 4) is 0 Å². The van der Waals surface area contributed by atoms with Gasteiger partial charge in [0.1, 0.15) is 0 Å². The minimum Gasteiger partial charge on any atom is -0.379 e. The summed E-state index contributed by atoms with van der Waals surface area (Å²) in [4.78, 5) is 15.3. The molecule has 0 aliphatic carbocycles. The second-order valence-corrected chi connectivity index (χ2v) is 10.0. The topological polar surface area (TPSA) is 87.7 Å². The Hall–Kier alpha value is -3.20. The maximum absolute atomic E-state index is 12.7. The molecule has 8 heteroatoms. The van der Waals surface area contributed by atoms with E-state index >= 15 is 0 Å². The molecular formula is C26H29N3O4S. The molecule has 0 bridgehead atoms. The van der Waals surface area contributed by atoms with Crippen LogP contribution < -0.4 is 10.0 Å². The zero-order valence-corrected chi connectivity index (χ0v) is 20.0. The molecule has 2 N–H and O–H groups in total. The van der Waals surface area contributed by atoms with E-state index in [9.17, 15) is 13.2 Å². The second-order valence-electron chi connectivity index (χ2n) is 8.34. The van der Waals surface area contributed by atoms with Crippen molar-refractivity contribution in [2.45, 2.75) is 24.9 Å². The van der Waals surface area contributed by atoms with Crippen molar-refractivity contribution in [1.82, 2.24) is 10.2 Å². The van der Waals surface area contributed by atoms with Crippen LogP contribution in [-0.4, -0.2) is 45.5 Å². The van der Waals surface area contributed by atoms with Crippen molar-refractivity contribution in [1.29, 1.82) is 0 Å². The van der Waals surface area contributed by atoms with Gasteiger partial charge in [-0.2, -0.15) is 0 Å². The van der Waals surface area contributed by atoms with E-state index in [2.05, 4.69) is 27.1 Å². The Kier molecular flexibility index (Phi) is 7.62. The van der Waals surface area contributed by atoms with Gasteiger partial charge in [-0.3, -0.25) is 14.4 Å². The quantitative estimate of drug-likeness (QED) is 0.516. The lowest BCUT2D eigenvalue weighted by atomic mass is 10.1. The first-order valence-corrected chi connectivity index (χ1v) is 12.7. The third-order valence-corrected chi connectivity index (χ3v) is 7.12. The average Bonchev–Trinajstić information content (AvgIpc) is 2.85. The highest BCUT2D eigenvalue weighted by molar-refractivity contribution is 7.92. The SMILES string of the molecule is Cc1cc(C(=O)NCc2cccc(CN3CCOCC3)c2)ccc1NS(=O)(=O)c1ccccc1. The van der Waals surface area contributed by atoms with Gasteiger partial charge in [-0.15, -0.1) is 0 Å². The van der Waals surface area contributed by atoms with Crippen LogP contribution in [0.15, 0.2) is 77.7 Å². The summed E-state index contributed by atoms with van der Waals surface area (Å²) in [5.74, 6) is -0.209. The first-order chi connectivity index (χ1) is 16.4. The van der Waals surface area contributed by atoms with Crippen LogP contribution in [0, 0.1) is 6.92 Å². The lowest BCUT2D eigenvalue weighted by molar-refractivity contribution is 0.0342. The Balaban J connectivity index is 1.36.